The third kappa shape index (κ3) is 5.52. The summed E-state index contributed by atoms with van der Waals surface area (Å²) < 4.78 is 20.1. The molecule has 1 spiro atoms. The van der Waals surface area contributed by atoms with Crippen molar-refractivity contribution in [2.75, 3.05) is 13.1 Å². The molecule has 3 aromatic carbocycles. The molecular weight excluding hydrogens is 578 g/mol. The molecule has 3 aliphatic heterocycles. The summed E-state index contributed by atoms with van der Waals surface area (Å²) in [6, 6.07) is 26.8. The number of ether oxygens (including phenoxy) is 3. The van der Waals surface area contributed by atoms with Gasteiger partial charge >= 0.3 is 11.9 Å². The minimum absolute atomic E-state index is 0.188. The number of aromatic amines is 1. The summed E-state index contributed by atoms with van der Waals surface area (Å²) >= 11 is 0. The molecule has 8 heteroatoms. The number of esters is 2. The lowest BCUT2D eigenvalue weighted by Gasteiger charge is -2.47. The molecule has 0 radical (unpaired) electrons. The van der Waals surface area contributed by atoms with Crippen LogP contribution < -0.4 is 5.73 Å². The highest BCUT2D eigenvalue weighted by Gasteiger charge is 2.57. The molecule has 46 heavy (non-hydrogen) atoms. The number of nitrogens with two attached hydrogens (primary N) is 1. The minimum Gasteiger partial charge on any atom is -0.459 e. The first-order chi connectivity index (χ1) is 22.4. The summed E-state index contributed by atoms with van der Waals surface area (Å²) in [4.78, 5) is 31.2. The van der Waals surface area contributed by atoms with Crippen LogP contribution in [0.25, 0.3) is 10.9 Å². The second-order valence-electron chi connectivity index (χ2n) is 13.3. The molecule has 1 aromatic heterocycles. The van der Waals surface area contributed by atoms with Crippen molar-refractivity contribution in [2.24, 2.45) is 5.73 Å². The fourth-order valence-electron chi connectivity index (χ4n) is 8.62. The number of fused-ring (bicyclic) bond motifs is 1. The second-order valence-corrected chi connectivity index (χ2v) is 13.3. The minimum atomic E-state index is -1.65. The molecule has 2 bridgehead atoms. The standard InChI is InChI=1S/C38H44N3O5/c1-26(44-36(42)34(39)22-27-25-40-35-17-9-8-16-33(27)35)46-38(28-12-4-2-5-13-28,29-14-6-3-7-15-29)37(43)45-32-23-30-18-19-31(24-32)41(30)20-10-11-21-41/h2-9,12-17,25-26,30-32,34,40H,10-11,18-24,39H2,1H3/q+1/t26-,30?,31?,32?,34+/m1/s1. The number of para-hydroxylation sites is 1. The molecule has 240 valence electrons. The zero-order valence-corrected chi connectivity index (χ0v) is 26.5. The first-order valence-electron chi connectivity index (χ1n) is 16.8. The maximum atomic E-state index is 14.7. The largest absolute Gasteiger partial charge is 0.459 e. The summed E-state index contributed by atoms with van der Waals surface area (Å²) in [7, 11) is 0. The van der Waals surface area contributed by atoms with E-state index >= 15 is 0 Å². The number of nitrogens with one attached hydrogen (secondary N) is 1. The van der Waals surface area contributed by atoms with E-state index in [1.165, 1.54) is 43.3 Å². The van der Waals surface area contributed by atoms with Crippen LogP contribution in [0.3, 0.4) is 0 Å². The Bertz CT molecular complexity index is 1610. The van der Waals surface area contributed by atoms with E-state index in [4.69, 9.17) is 19.9 Å². The van der Waals surface area contributed by atoms with Crippen LogP contribution in [0, 0.1) is 0 Å². The lowest BCUT2D eigenvalue weighted by molar-refractivity contribution is -0.956. The van der Waals surface area contributed by atoms with Gasteiger partial charge in [-0.15, -0.1) is 0 Å². The van der Waals surface area contributed by atoms with Gasteiger partial charge in [0.1, 0.15) is 12.1 Å². The quantitative estimate of drug-likeness (QED) is 0.133. The van der Waals surface area contributed by atoms with E-state index in [9.17, 15) is 9.59 Å². The molecule has 2 unspecified atom stereocenters. The van der Waals surface area contributed by atoms with Crippen LogP contribution in [-0.4, -0.2) is 65.0 Å². The van der Waals surface area contributed by atoms with Crippen molar-refractivity contribution in [3.05, 3.63) is 108 Å². The normalized spacial score (nSPS) is 23.3. The van der Waals surface area contributed by atoms with Gasteiger partial charge in [0.25, 0.3) is 0 Å². The zero-order chi connectivity index (χ0) is 31.7. The molecule has 3 aliphatic rings. The van der Waals surface area contributed by atoms with E-state index in [1.807, 2.05) is 91.1 Å². The van der Waals surface area contributed by atoms with Crippen LogP contribution in [0.15, 0.2) is 91.1 Å². The van der Waals surface area contributed by atoms with E-state index in [0.717, 1.165) is 29.3 Å². The van der Waals surface area contributed by atoms with E-state index in [-0.39, 0.29) is 6.10 Å². The Balaban J connectivity index is 1.13. The van der Waals surface area contributed by atoms with Gasteiger partial charge in [0.2, 0.25) is 11.9 Å². The Labute approximate surface area is 270 Å². The van der Waals surface area contributed by atoms with Gasteiger partial charge in [0.05, 0.1) is 25.2 Å². The lowest BCUT2D eigenvalue weighted by atomic mass is 9.85. The number of H-pyrrole nitrogens is 1. The fraction of sp³-hybridized carbons (Fsp3) is 0.421. The zero-order valence-electron chi connectivity index (χ0n) is 26.5. The summed E-state index contributed by atoms with van der Waals surface area (Å²) in [6.07, 6.45) is 7.59. The number of nitrogens with zero attached hydrogens (tertiary/aromatic N) is 1. The first kappa shape index (κ1) is 30.7. The Morgan fingerprint density at radius 2 is 1.48 bits per heavy atom. The third-order valence-corrected chi connectivity index (χ3v) is 10.7. The van der Waals surface area contributed by atoms with Gasteiger partial charge in [-0.05, 0) is 29.7 Å². The number of aromatic nitrogens is 1. The highest BCUT2D eigenvalue weighted by molar-refractivity contribution is 5.86. The van der Waals surface area contributed by atoms with Gasteiger partial charge in [0, 0.05) is 62.0 Å². The number of hydrogen-bond donors (Lipinski definition) is 2. The predicted octanol–water partition coefficient (Wildman–Crippen LogP) is 5.73. The number of piperidine rings is 1. The third-order valence-electron chi connectivity index (χ3n) is 10.7. The van der Waals surface area contributed by atoms with Gasteiger partial charge in [-0.1, -0.05) is 78.9 Å². The molecule has 0 saturated carbocycles. The molecular formula is C38H44N3O5+. The van der Waals surface area contributed by atoms with Crippen molar-refractivity contribution in [1.82, 2.24) is 4.98 Å². The van der Waals surface area contributed by atoms with Crippen molar-refractivity contribution in [3.63, 3.8) is 0 Å². The lowest BCUT2D eigenvalue weighted by Crippen LogP contribution is -2.60. The van der Waals surface area contributed by atoms with Gasteiger partial charge in [-0.3, -0.25) is 4.79 Å². The molecule has 4 aromatic rings. The molecule has 4 heterocycles. The molecule has 0 amide bonds. The van der Waals surface area contributed by atoms with Crippen molar-refractivity contribution < 1.29 is 28.3 Å². The average molecular weight is 623 g/mol. The molecule has 0 aliphatic carbocycles. The Morgan fingerprint density at radius 3 is 2.11 bits per heavy atom. The fourth-order valence-corrected chi connectivity index (χ4v) is 8.62. The molecule has 4 atom stereocenters. The number of hydrogen-bond acceptors (Lipinski definition) is 6. The van der Waals surface area contributed by atoms with E-state index in [2.05, 4.69) is 4.98 Å². The smallest absolute Gasteiger partial charge is 0.348 e. The van der Waals surface area contributed by atoms with Crippen LogP contribution >= 0.6 is 0 Å². The maximum absolute atomic E-state index is 14.7. The molecule has 3 N–H and O–H groups in total. The highest BCUT2D eigenvalue weighted by Crippen LogP contribution is 2.47. The number of carbonyl (C=O) groups is 2. The maximum Gasteiger partial charge on any atom is 0.348 e. The predicted molar refractivity (Wildman–Crippen MR) is 175 cm³/mol. The van der Waals surface area contributed by atoms with Crippen LogP contribution in [-0.2, 0) is 35.8 Å². The van der Waals surface area contributed by atoms with E-state index in [0.29, 0.717) is 29.6 Å². The Morgan fingerprint density at radius 1 is 0.891 bits per heavy atom. The van der Waals surface area contributed by atoms with Crippen molar-refractivity contribution in [2.45, 2.75) is 88.0 Å². The monoisotopic (exact) mass is 622 g/mol. The first-order valence-corrected chi connectivity index (χ1v) is 16.8. The topological polar surface area (TPSA) is 104 Å². The van der Waals surface area contributed by atoms with Crippen molar-refractivity contribution >= 4 is 22.8 Å². The van der Waals surface area contributed by atoms with Crippen LogP contribution in [0.4, 0.5) is 0 Å². The van der Waals surface area contributed by atoms with E-state index in [1.54, 1.807) is 6.92 Å². The average Bonchev–Trinajstić information content (AvgIpc) is 3.77. The van der Waals surface area contributed by atoms with Crippen molar-refractivity contribution in [3.8, 4) is 0 Å². The molecule has 7 rings (SSSR count). The Hall–Kier alpha value is -3.98. The Kier molecular flexibility index (Phi) is 8.44. The molecule has 3 saturated heterocycles. The van der Waals surface area contributed by atoms with E-state index < -0.39 is 29.9 Å². The van der Waals surface area contributed by atoms with Crippen LogP contribution in [0.5, 0.6) is 0 Å². The van der Waals surface area contributed by atoms with Gasteiger partial charge in [-0.25, -0.2) is 4.79 Å². The number of quaternary nitrogens is 1. The number of carbonyl (C=O) groups excluding carboxylic acids is 2. The second kappa shape index (κ2) is 12.7. The van der Waals surface area contributed by atoms with Gasteiger partial charge < -0.3 is 29.4 Å². The summed E-state index contributed by atoms with van der Waals surface area (Å²) in [5, 5.41) is 1.01. The van der Waals surface area contributed by atoms with Crippen molar-refractivity contribution in [1.29, 1.82) is 0 Å². The number of rotatable bonds is 10. The van der Waals surface area contributed by atoms with Crippen LogP contribution in [0.2, 0.25) is 0 Å². The highest BCUT2D eigenvalue weighted by atomic mass is 16.7. The summed E-state index contributed by atoms with van der Waals surface area (Å²) in [6.45, 7) is 4.14. The molecule has 3 fully saturated rings. The van der Waals surface area contributed by atoms with Gasteiger partial charge in [0.15, 0.2) is 0 Å². The molecule has 8 nitrogen and oxygen atoms in total. The van der Waals surface area contributed by atoms with Gasteiger partial charge in [-0.2, -0.15) is 0 Å². The number of benzene rings is 3. The summed E-state index contributed by atoms with van der Waals surface area (Å²) in [5.74, 6) is -1.10. The SMILES string of the molecule is C[C@H](OC(=O)[C@@H](N)Cc1c[nH]c2ccccc12)OC(C(=O)OC1CC2CCC(C1)[N+]21CCCC1)(c1ccccc1)c1ccccc1. The summed E-state index contributed by atoms with van der Waals surface area (Å²) in [5.41, 5.74) is 7.84. The van der Waals surface area contributed by atoms with Crippen LogP contribution in [0.1, 0.15) is 62.1 Å².